The molecule has 1 saturated heterocycles. The molecule has 1 aromatic carbocycles. The van der Waals surface area contributed by atoms with E-state index in [1.807, 2.05) is 12.1 Å². The molecule has 0 radical (unpaired) electrons. The normalized spacial score (nSPS) is 22.9. The van der Waals surface area contributed by atoms with Crippen LogP contribution < -0.4 is 10.6 Å². The molecule has 0 bridgehead atoms. The van der Waals surface area contributed by atoms with Crippen LogP contribution in [0.15, 0.2) is 35.1 Å². The topological polar surface area (TPSA) is 100 Å². The highest BCUT2D eigenvalue weighted by molar-refractivity contribution is 5.94. The number of piperazine rings is 1. The van der Waals surface area contributed by atoms with E-state index in [9.17, 15) is 9.59 Å². The lowest BCUT2D eigenvalue weighted by molar-refractivity contribution is -0.126. The first-order valence-electron chi connectivity index (χ1n) is 8.44. The lowest BCUT2D eigenvalue weighted by Gasteiger charge is -2.43. The quantitative estimate of drug-likeness (QED) is 0.870. The molecular formula is C17H19N5O3. The van der Waals surface area contributed by atoms with Crippen LogP contribution in [0.1, 0.15) is 25.7 Å². The van der Waals surface area contributed by atoms with Gasteiger partial charge in [0.15, 0.2) is 0 Å². The van der Waals surface area contributed by atoms with Crippen molar-refractivity contribution in [3.63, 3.8) is 0 Å². The molecule has 2 unspecified atom stereocenters. The number of anilines is 1. The first-order chi connectivity index (χ1) is 12.2. The van der Waals surface area contributed by atoms with Crippen LogP contribution in [0.5, 0.6) is 0 Å². The first kappa shape index (κ1) is 15.6. The van der Waals surface area contributed by atoms with E-state index in [1.165, 1.54) is 6.39 Å². The average Bonchev–Trinajstić information content (AvgIpc) is 3.16. The number of aromatic nitrogens is 2. The molecule has 2 heterocycles. The summed E-state index contributed by atoms with van der Waals surface area (Å²) in [5, 5.41) is 13.4. The van der Waals surface area contributed by atoms with Gasteiger partial charge in [-0.05, 0) is 31.0 Å². The Bertz CT molecular complexity index is 776. The van der Waals surface area contributed by atoms with Crippen LogP contribution >= 0.6 is 0 Å². The van der Waals surface area contributed by atoms with Gasteiger partial charge >= 0.3 is 6.03 Å². The molecule has 8 heteroatoms. The van der Waals surface area contributed by atoms with Crippen molar-refractivity contribution >= 4 is 17.6 Å². The van der Waals surface area contributed by atoms with Crippen molar-refractivity contribution in [3.05, 3.63) is 30.7 Å². The number of rotatable bonds is 2. The molecule has 8 nitrogen and oxygen atoms in total. The van der Waals surface area contributed by atoms with E-state index < -0.39 is 0 Å². The number of amides is 3. The molecule has 0 spiro atoms. The summed E-state index contributed by atoms with van der Waals surface area (Å²) in [6.07, 6.45) is 5.26. The van der Waals surface area contributed by atoms with Crippen molar-refractivity contribution in [2.24, 2.45) is 0 Å². The fourth-order valence-electron chi connectivity index (χ4n) is 3.62. The van der Waals surface area contributed by atoms with Crippen molar-refractivity contribution in [2.75, 3.05) is 11.9 Å². The van der Waals surface area contributed by atoms with Gasteiger partial charge in [0.1, 0.15) is 6.54 Å². The molecule has 2 atom stereocenters. The van der Waals surface area contributed by atoms with Gasteiger partial charge in [0.2, 0.25) is 18.2 Å². The van der Waals surface area contributed by atoms with E-state index >= 15 is 0 Å². The highest BCUT2D eigenvalue weighted by atomic mass is 16.4. The number of nitrogens with one attached hydrogen (secondary N) is 2. The molecule has 1 saturated carbocycles. The molecule has 1 aliphatic heterocycles. The van der Waals surface area contributed by atoms with Crippen LogP contribution in [-0.4, -0.2) is 45.7 Å². The second-order valence-corrected chi connectivity index (χ2v) is 6.41. The third-order valence-corrected chi connectivity index (χ3v) is 4.77. The summed E-state index contributed by atoms with van der Waals surface area (Å²) in [5.74, 6) is 0.290. The van der Waals surface area contributed by atoms with Gasteiger partial charge < -0.3 is 20.0 Å². The van der Waals surface area contributed by atoms with Crippen molar-refractivity contribution in [1.82, 2.24) is 20.4 Å². The SMILES string of the molecule is O=C1CN(C(=O)Nc2cccc(-c3nnco3)c2)C2CCCCC2N1. The van der Waals surface area contributed by atoms with E-state index in [4.69, 9.17) is 4.42 Å². The molecule has 25 heavy (non-hydrogen) atoms. The summed E-state index contributed by atoms with van der Waals surface area (Å²) in [6.45, 7) is 0.0936. The van der Waals surface area contributed by atoms with Crippen LogP contribution in [0.25, 0.3) is 11.5 Å². The fraction of sp³-hybridized carbons (Fsp3) is 0.412. The number of benzene rings is 1. The zero-order valence-electron chi connectivity index (χ0n) is 13.6. The lowest BCUT2D eigenvalue weighted by atomic mass is 9.87. The summed E-state index contributed by atoms with van der Waals surface area (Å²) in [4.78, 5) is 26.3. The largest absolute Gasteiger partial charge is 0.423 e. The van der Waals surface area contributed by atoms with Gasteiger partial charge in [-0.25, -0.2) is 4.79 Å². The summed E-state index contributed by atoms with van der Waals surface area (Å²) in [5.41, 5.74) is 1.35. The minimum Gasteiger partial charge on any atom is -0.423 e. The Morgan fingerprint density at radius 2 is 2.20 bits per heavy atom. The molecular weight excluding hydrogens is 322 g/mol. The van der Waals surface area contributed by atoms with E-state index in [0.717, 1.165) is 31.2 Å². The van der Waals surface area contributed by atoms with Crippen molar-refractivity contribution < 1.29 is 14.0 Å². The number of hydrogen-bond acceptors (Lipinski definition) is 5. The predicted molar refractivity (Wildman–Crippen MR) is 89.6 cm³/mol. The van der Waals surface area contributed by atoms with Gasteiger partial charge in [-0.1, -0.05) is 18.9 Å². The molecule has 1 aliphatic carbocycles. The summed E-state index contributed by atoms with van der Waals surface area (Å²) < 4.78 is 5.18. The number of nitrogens with zero attached hydrogens (tertiary/aromatic N) is 3. The molecule has 2 N–H and O–H groups in total. The zero-order valence-corrected chi connectivity index (χ0v) is 13.6. The standard InChI is InChI=1S/C17H19N5O3/c23-15-9-22(14-7-2-1-6-13(14)20-15)17(24)19-12-5-3-4-11(8-12)16-21-18-10-25-16/h3-5,8,10,13-14H,1-2,6-7,9H2,(H,19,24)(H,20,23). The van der Waals surface area contributed by atoms with Crippen LogP contribution in [0, 0.1) is 0 Å². The Hall–Kier alpha value is -2.90. The summed E-state index contributed by atoms with van der Waals surface area (Å²) in [7, 11) is 0. The fourth-order valence-corrected chi connectivity index (χ4v) is 3.62. The van der Waals surface area contributed by atoms with Crippen LogP contribution in [-0.2, 0) is 4.79 Å². The Morgan fingerprint density at radius 1 is 1.32 bits per heavy atom. The molecule has 2 fully saturated rings. The molecule has 130 valence electrons. The van der Waals surface area contributed by atoms with Crippen LogP contribution in [0.4, 0.5) is 10.5 Å². The van der Waals surface area contributed by atoms with Gasteiger partial charge in [0, 0.05) is 17.3 Å². The molecule has 2 aromatic rings. The minimum atomic E-state index is -0.255. The molecule has 4 rings (SSSR count). The van der Waals surface area contributed by atoms with E-state index in [1.54, 1.807) is 17.0 Å². The third kappa shape index (κ3) is 3.19. The van der Waals surface area contributed by atoms with Gasteiger partial charge in [-0.15, -0.1) is 10.2 Å². The maximum absolute atomic E-state index is 12.7. The van der Waals surface area contributed by atoms with Crippen LogP contribution in [0.2, 0.25) is 0 Å². The number of urea groups is 1. The monoisotopic (exact) mass is 341 g/mol. The van der Waals surface area contributed by atoms with Crippen molar-refractivity contribution in [2.45, 2.75) is 37.8 Å². The highest BCUT2D eigenvalue weighted by Crippen LogP contribution is 2.27. The lowest BCUT2D eigenvalue weighted by Crippen LogP contribution is -2.63. The Labute approximate surface area is 144 Å². The third-order valence-electron chi connectivity index (χ3n) is 4.77. The Morgan fingerprint density at radius 3 is 3.04 bits per heavy atom. The van der Waals surface area contributed by atoms with Gasteiger partial charge in [0.25, 0.3) is 0 Å². The van der Waals surface area contributed by atoms with Gasteiger partial charge in [0.05, 0.1) is 6.04 Å². The van der Waals surface area contributed by atoms with E-state index in [0.29, 0.717) is 11.6 Å². The second-order valence-electron chi connectivity index (χ2n) is 6.41. The first-order valence-corrected chi connectivity index (χ1v) is 8.44. The number of carbonyl (C=O) groups is 2. The predicted octanol–water partition coefficient (Wildman–Crippen LogP) is 2.01. The van der Waals surface area contributed by atoms with Gasteiger partial charge in [-0.2, -0.15) is 0 Å². The summed E-state index contributed by atoms with van der Waals surface area (Å²) in [6, 6.07) is 7.06. The maximum Gasteiger partial charge on any atom is 0.322 e. The minimum absolute atomic E-state index is 0.0606. The molecule has 3 amide bonds. The second kappa shape index (κ2) is 6.54. The number of carbonyl (C=O) groups excluding carboxylic acids is 2. The maximum atomic E-state index is 12.7. The van der Waals surface area contributed by atoms with E-state index in [-0.39, 0.29) is 30.6 Å². The average molecular weight is 341 g/mol. The molecule has 2 aliphatic rings. The Kier molecular flexibility index (Phi) is 4.09. The molecule has 1 aromatic heterocycles. The van der Waals surface area contributed by atoms with Crippen molar-refractivity contribution in [1.29, 1.82) is 0 Å². The number of fused-ring (bicyclic) bond motifs is 1. The van der Waals surface area contributed by atoms with Crippen LogP contribution in [0.3, 0.4) is 0 Å². The zero-order chi connectivity index (χ0) is 17.2. The van der Waals surface area contributed by atoms with Crippen molar-refractivity contribution in [3.8, 4) is 11.5 Å². The smallest absolute Gasteiger partial charge is 0.322 e. The van der Waals surface area contributed by atoms with E-state index in [2.05, 4.69) is 20.8 Å². The highest BCUT2D eigenvalue weighted by Gasteiger charge is 2.38. The Balaban J connectivity index is 1.51. The summed E-state index contributed by atoms with van der Waals surface area (Å²) >= 11 is 0. The number of hydrogen-bond donors (Lipinski definition) is 2. The van der Waals surface area contributed by atoms with Gasteiger partial charge in [-0.3, -0.25) is 4.79 Å².